The fourth-order valence-electron chi connectivity index (χ4n) is 0.512. The van der Waals surface area contributed by atoms with Crippen molar-refractivity contribution in [2.24, 2.45) is 0 Å². The molecule has 5 heteroatoms. The van der Waals surface area contributed by atoms with Crippen LogP contribution in [-0.4, -0.2) is 24.7 Å². The second-order valence-corrected chi connectivity index (χ2v) is 1.70. The highest BCUT2D eigenvalue weighted by atomic mass is 19.4. The maximum Gasteiger partial charge on any atom is 0.421 e. The van der Waals surface area contributed by atoms with E-state index >= 15 is 0 Å². The average Bonchev–Trinajstić information content (AvgIpc) is 1.57. The van der Waals surface area contributed by atoms with E-state index in [2.05, 4.69) is 4.74 Å². The SMILES string of the molecule is O=C1CO[C@H]1C(F)(F)F. The van der Waals surface area contributed by atoms with Gasteiger partial charge in [-0.1, -0.05) is 0 Å². The zero-order valence-electron chi connectivity index (χ0n) is 4.23. The van der Waals surface area contributed by atoms with Gasteiger partial charge in [0.15, 0.2) is 5.78 Å². The fraction of sp³-hybridized carbons (Fsp3) is 0.750. The molecule has 0 aliphatic carbocycles. The van der Waals surface area contributed by atoms with Crippen molar-refractivity contribution in [2.45, 2.75) is 12.3 Å². The minimum atomic E-state index is -4.50. The second-order valence-electron chi connectivity index (χ2n) is 1.70. The van der Waals surface area contributed by atoms with Crippen LogP contribution in [0.25, 0.3) is 0 Å². The first-order valence-electron chi connectivity index (χ1n) is 2.23. The molecule has 52 valence electrons. The van der Waals surface area contributed by atoms with E-state index < -0.39 is 24.7 Å². The first kappa shape index (κ1) is 6.54. The number of ketones is 1. The van der Waals surface area contributed by atoms with Crippen LogP contribution in [-0.2, 0) is 9.53 Å². The molecule has 1 rings (SSSR count). The van der Waals surface area contributed by atoms with Gasteiger partial charge in [0.2, 0.25) is 6.10 Å². The number of ether oxygens (including phenoxy) is 1. The Morgan fingerprint density at radius 1 is 1.56 bits per heavy atom. The largest absolute Gasteiger partial charge is 0.421 e. The highest BCUT2D eigenvalue weighted by Crippen LogP contribution is 2.28. The first-order valence-corrected chi connectivity index (χ1v) is 2.23. The van der Waals surface area contributed by atoms with Crippen molar-refractivity contribution in [1.82, 2.24) is 0 Å². The average molecular weight is 140 g/mol. The van der Waals surface area contributed by atoms with Gasteiger partial charge in [0.05, 0.1) is 0 Å². The summed E-state index contributed by atoms with van der Waals surface area (Å²) in [5, 5.41) is 0. The Kier molecular flexibility index (Phi) is 1.23. The van der Waals surface area contributed by atoms with Crippen molar-refractivity contribution in [3.63, 3.8) is 0 Å². The van der Waals surface area contributed by atoms with Gasteiger partial charge in [-0.05, 0) is 0 Å². The third-order valence-electron chi connectivity index (χ3n) is 0.982. The number of hydrogen-bond donors (Lipinski definition) is 0. The minimum Gasteiger partial charge on any atom is -0.353 e. The van der Waals surface area contributed by atoms with Gasteiger partial charge in [-0.15, -0.1) is 0 Å². The number of alkyl halides is 3. The summed E-state index contributed by atoms with van der Waals surface area (Å²) in [5.41, 5.74) is 0. The Morgan fingerprint density at radius 2 is 2.11 bits per heavy atom. The fourth-order valence-corrected chi connectivity index (χ4v) is 0.512. The van der Waals surface area contributed by atoms with Crippen molar-refractivity contribution in [3.8, 4) is 0 Å². The summed E-state index contributed by atoms with van der Waals surface area (Å²) in [4.78, 5) is 10.0. The van der Waals surface area contributed by atoms with E-state index in [0.29, 0.717) is 0 Å². The van der Waals surface area contributed by atoms with Crippen LogP contribution in [0.5, 0.6) is 0 Å². The van der Waals surface area contributed by atoms with Gasteiger partial charge >= 0.3 is 6.18 Å². The lowest BCUT2D eigenvalue weighted by molar-refractivity contribution is -0.242. The molecule has 0 amide bonds. The van der Waals surface area contributed by atoms with E-state index in [0.717, 1.165) is 0 Å². The summed E-state index contributed by atoms with van der Waals surface area (Å²) < 4.78 is 38.1. The molecular weight excluding hydrogens is 137 g/mol. The van der Waals surface area contributed by atoms with Crippen LogP contribution in [0.3, 0.4) is 0 Å². The molecule has 2 nitrogen and oxygen atoms in total. The number of Topliss-reactive ketones (excluding diaryl/α,β-unsaturated/α-hetero) is 1. The Balaban J connectivity index is 2.54. The van der Waals surface area contributed by atoms with Crippen LogP contribution in [0.15, 0.2) is 0 Å². The van der Waals surface area contributed by atoms with Gasteiger partial charge < -0.3 is 4.74 Å². The summed E-state index contributed by atoms with van der Waals surface area (Å²) in [6.07, 6.45) is -6.65. The first-order chi connectivity index (χ1) is 4.02. The Bertz CT molecular complexity index is 139. The van der Waals surface area contributed by atoms with Crippen molar-refractivity contribution in [3.05, 3.63) is 0 Å². The summed E-state index contributed by atoms with van der Waals surface area (Å²) >= 11 is 0. The Morgan fingerprint density at radius 3 is 2.11 bits per heavy atom. The number of hydrogen-bond acceptors (Lipinski definition) is 2. The zero-order chi connectivity index (χ0) is 7.07. The van der Waals surface area contributed by atoms with Crippen LogP contribution in [0.1, 0.15) is 0 Å². The molecule has 1 heterocycles. The second kappa shape index (κ2) is 1.70. The molecule has 0 bridgehead atoms. The molecule has 0 spiro atoms. The lowest BCUT2D eigenvalue weighted by Crippen LogP contribution is -2.50. The number of carbonyl (C=O) groups excluding carboxylic acids is 1. The normalized spacial score (nSPS) is 27.9. The highest BCUT2D eigenvalue weighted by Gasteiger charge is 2.51. The Labute approximate surface area is 48.6 Å². The quantitative estimate of drug-likeness (QED) is 0.490. The predicted octanol–water partition coefficient (Wildman–Crippen LogP) is 0.517. The Hall–Kier alpha value is -0.580. The monoisotopic (exact) mass is 140 g/mol. The van der Waals surface area contributed by atoms with Crippen LogP contribution in [0.4, 0.5) is 13.2 Å². The molecule has 0 saturated carbocycles. The number of carbonyl (C=O) groups is 1. The summed E-state index contributed by atoms with van der Waals surface area (Å²) in [7, 11) is 0. The summed E-state index contributed by atoms with van der Waals surface area (Å²) in [6, 6.07) is 0. The van der Waals surface area contributed by atoms with Gasteiger partial charge in [0.25, 0.3) is 0 Å². The molecule has 1 atom stereocenters. The van der Waals surface area contributed by atoms with Crippen molar-refractivity contribution < 1.29 is 22.7 Å². The molecule has 9 heavy (non-hydrogen) atoms. The van der Waals surface area contributed by atoms with Gasteiger partial charge in [-0.2, -0.15) is 13.2 Å². The molecule has 1 aliphatic heterocycles. The molecule has 0 aromatic carbocycles. The molecule has 1 saturated heterocycles. The summed E-state index contributed by atoms with van der Waals surface area (Å²) in [5.74, 6) is -0.887. The molecule has 0 unspecified atom stereocenters. The highest BCUT2D eigenvalue weighted by molar-refractivity contribution is 5.89. The van der Waals surface area contributed by atoms with E-state index in [4.69, 9.17) is 0 Å². The smallest absolute Gasteiger partial charge is 0.353 e. The molecule has 0 aromatic rings. The zero-order valence-corrected chi connectivity index (χ0v) is 4.23. The van der Waals surface area contributed by atoms with E-state index in [1.54, 1.807) is 0 Å². The molecule has 0 aromatic heterocycles. The van der Waals surface area contributed by atoms with E-state index in [1.165, 1.54) is 0 Å². The third-order valence-corrected chi connectivity index (χ3v) is 0.982. The molecule has 0 radical (unpaired) electrons. The number of halogens is 3. The third kappa shape index (κ3) is 1.05. The van der Waals surface area contributed by atoms with Gasteiger partial charge in [0.1, 0.15) is 6.61 Å². The standard InChI is InChI=1S/C4H3F3O2/c5-4(6,7)3-2(8)1-9-3/h3H,1H2/t3-/m1/s1. The van der Waals surface area contributed by atoms with E-state index in [1.807, 2.05) is 0 Å². The van der Waals surface area contributed by atoms with Crippen molar-refractivity contribution >= 4 is 5.78 Å². The summed E-state index contributed by atoms with van der Waals surface area (Å²) in [6.45, 7) is -0.399. The topological polar surface area (TPSA) is 26.3 Å². The number of rotatable bonds is 0. The van der Waals surface area contributed by atoms with Crippen LogP contribution in [0, 0.1) is 0 Å². The van der Waals surface area contributed by atoms with Crippen LogP contribution >= 0.6 is 0 Å². The predicted molar refractivity (Wildman–Crippen MR) is 20.8 cm³/mol. The molecule has 1 aliphatic rings. The molecule has 0 N–H and O–H groups in total. The van der Waals surface area contributed by atoms with Crippen LogP contribution < -0.4 is 0 Å². The maximum absolute atomic E-state index is 11.4. The van der Waals surface area contributed by atoms with Crippen molar-refractivity contribution in [2.75, 3.05) is 6.61 Å². The van der Waals surface area contributed by atoms with Crippen molar-refractivity contribution in [1.29, 1.82) is 0 Å². The molecular formula is C4H3F3O2. The lowest BCUT2D eigenvalue weighted by atomic mass is 10.1. The lowest BCUT2D eigenvalue weighted by Gasteiger charge is -2.26. The van der Waals surface area contributed by atoms with Gasteiger partial charge in [-0.3, -0.25) is 4.79 Å². The van der Waals surface area contributed by atoms with E-state index in [-0.39, 0.29) is 0 Å². The maximum atomic E-state index is 11.4. The van der Waals surface area contributed by atoms with Crippen LogP contribution in [0.2, 0.25) is 0 Å². The molecule has 1 fully saturated rings. The van der Waals surface area contributed by atoms with Gasteiger partial charge in [-0.25, -0.2) is 0 Å². The van der Waals surface area contributed by atoms with E-state index in [9.17, 15) is 18.0 Å². The van der Waals surface area contributed by atoms with Gasteiger partial charge in [0, 0.05) is 0 Å². The minimum absolute atomic E-state index is 0.399.